The largest absolute Gasteiger partial charge is 0.256 e. The Kier molecular flexibility index (Phi) is 9.25. The van der Waals surface area contributed by atoms with Crippen molar-refractivity contribution in [3.8, 4) is 11.3 Å². The van der Waals surface area contributed by atoms with Crippen LogP contribution in [0.1, 0.15) is 95.6 Å². The summed E-state index contributed by atoms with van der Waals surface area (Å²) < 4.78 is 0. The van der Waals surface area contributed by atoms with Crippen molar-refractivity contribution in [1.82, 2.24) is 4.98 Å². The van der Waals surface area contributed by atoms with Crippen LogP contribution in [-0.4, -0.2) is 4.98 Å². The minimum Gasteiger partial charge on any atom is -0.256 e. The summed E-state index contributed by atoms with van der Waals surface area (Å²) in [6.45, 7) is 4.52. The normalized spacial score (nSPS) is 19.4. The Hall–Kier alpha value is -1.63. The van der Waals surface area contributed by atoms with Gasteiger partial charge in [-0.1, -0.05) is 102 Å². The number of rotatable bonds is 11. The summed E-state index contributed by atoms with van der Waals surface area (Å²) in [5, 5.41) is 0. The fraction of sp³-hybridized carbons (Fsp3) is 0.607. The van der Waals surface area contributed by atoms with E-state index < -0.39 is 0 Å². The van der Waals surface area contributed by atoms with Gasteiger partial charge in [0.25, 0.3) is 0 Å². The summed E-state index contributed by atoms with van der Waals surface area (Å²) in [7, 11) is 0. The monoisotopic (exact) mass is 391 g/mol. The maximum absolute atomic E-state index is 4.66. The second-order valence-electron chi connectivity index (χ2n) is 9.29. The lowest BCUT2D eigenvalue weighted by molar-refractivity contribution is 0.239. The molecule has 0 aliphatic heterocycles. The molecule has 1 nitrogen and oxygen atoms in total. The predicted octanol–water partition coefficient (Wildman–Crippen LogP) is 8.41. The number of hydrogen-bond donors (Lipinski definition) is 0. The lowest BCUT2D eigenvalue weighted by atomic mass is 9.77. The average Bonchev–Trinajstić information content (AvgIpc) is 2.77. The van der Waals surface area contributed by atoms with Gasteiger partial charge < -0.3 is 0 Å². The Morgan fingerprint density at radius 3 is 2.21 bits per heavy atom. The van der Waals surface area contributed by atoms with Gasteiger partial charge in [-0.05, 0) is 54.7 Å². The summed E-state index contributed by atoms with van der Waals surface area (Å²) in [6, 6.07) is 13.6. The first-order valence-electron chi connectivity index (χ1n) is 12.3. The highest BCUT2D eigenvalue weighted by atomic mass is 14.7. The molecule has 0 spiro atoms. The molecule has 0 amide bonds. The van der Waals surface area contributed by atoms with E-state index in [1.54, 1.807) is 0 Å². The molecule has 1 aromatic heterocycles. The third-order valence-electron chi connectivity index (χ3n) is 6.81. The first-order valence-corrected chi connectivity index (χ1v) is 12.3. The van der Waals surface area contributed by atoms with E-state index in [0.29, 0.717) is 0 Å². The van der Waals surface area contributed by atoms with Crippen LogP contribution in [0, 0.1) is 11.8 Å². The van der Waals surface area contributed by atoms with Gasteiger partial charge in [-0.15, -0.1) is 0 Å². The van der Waals surface area contributed by atoms with Crippen molar-refractivity contribution in [3.05, 3.63) is 53.7 Å². The van der Waals surface area contributed by atoms with Crippen LogP contribution >= 0.6 is 0 Å². The van der Waals surface area contributed by atoms with Gasteiger partial charge >= 0.3 is 0 Å². The van der Waals surface area contributed by atoms with E-state index in [9.17, 15) is 0 Å². The molecule has 1 aromatic carbocycles. The molecule has 0 radical (unpaired) electrons. The summed E-state index contributed by atoms with van der Waals surface area (Å²) >= 11 is 0. The maximum atomic E-state index is 4.66. The Morgan fingerprint density at radius 2 is 1.52 bits per heavy atom. The van der Waals surface area contributed by atoms with Crippen LogP contribution in [0.4, 0.5) is 0 Å². The standard InChI is InChI=1S/C28H41N/c1-3-5-6-7-10-24-11-8-12-25(21-24)14-13-23-15-18-27(19-16-23)28-20-17-26(9-4-2)22-29-28/h15-20,22,24-25H,3-14,21H2,1-2H3. The van der Waals surface area contributed by atoms with Crippen molar-refractivity contribution in [1.29, 1.82) is 0 Å². The molecule has 2 atom stereocenters. The van der Waals surface area contributed by atoms with Gasteiger partial charge in [0.15, 0.2) is 0 Å². The van der Waals surface area contributed by atoms with E-state index in [0.717, 1.165) is 24.0 Å². The SMILES string of the molecule is CCCCCCC1CCCC(CCc2ccc(-c3ccc(CCC)cn3)cc2)C1. The van der Waals surface area contributed by atoms with Crippen LogP contribution in [0.3, 0.4) is 0 Å². The fourth-order valence-electron chi connectivity index (χ4n) is 5.03. The molecule has 2 aromatic rings. The van der Waals surface area contributed by atoms with E-state index in [1.165, 1.54) is 93.7 Å². The van der Waals surface area contributed by atoms with E-state index in [2.05, 4.69) is 55.2 Å². The van der Waals surface area contributed by atoms with E-state index in [-0.39, 0.29) is 0 Å². The molecule has 1 aliphatic rings. The van der Waals surface area contributed by atoms with Crippen molar-refractivity contribution < 1.29 is 0 Å². The van der Waals surface area contributed by atoms with Crippen LogP contribution in [-0.2, 0) is 12.8 Å². The molecule has 1 saturated carbocycles. The summed E-state index contributed by atoms with van der Waals surface area (Å²) in [6.07, 6.45) is 20.0. The maximum Gasteiger partial charge on any atom is 0.0702 e. The van der Waals surface area contributed by atoms with E-state index >= 15 is 0 Å². The van der Waals surface area contributed by atoms with Gasteiger partial charge in [0.1, 0.15) is 0 Å². The highest BCUT2D eigenvalue weighted by Gasteiger charge is 2.21. The summed E-state index contributed by atoms with van der Waals surface area (Å²) in [5.41, 5.74) is 5.15. The first kappa shape index (κ1) is 22.1. The number of aromatic nitrogens is 1. The van der Waals surface area contributed by atoms with Gasteiger partial charge in [-0.2, -0.15) is 0 Å². The van der Waals surface area contributed by atoms with Crippen LogP contribution in [0.2, 0.25) is 0 Å². The van der Waals surface area contributed by atoms with Crippen molar-refractivity contribution in [2.24, 2.45) is 11.8 Å². The quantitative estimate of drug-likeness (QED) is 0.350. The van der Waals surface area contributed by atoms with E-state index in [1.807, 2.05) is 6.20 Å². The number of aryl methyl sites for hydroxylation is 2. The second kappa shape index (κ2) is 12.2. The smallest absolute Gasteiger partial charge is 0.0702 e. The molecule has 1 heteroatoms. The van der Waals surface area contributed by atoms with Crippen molar-refractivity contribution in [2.75, 3.05) is 0 Å². The molecule has 1 heterocycles. The first-order chi connectivity index (χ1) is 14.3. The van der Waals surface area contributed by atoms with Crippen molar-refractivity contribution in [2.45, 2.75) is 97.3 Å². The zero-order valence-electron chi connectivity index (χ0n) is 18.8. The molecular weight excluding hydrogens is 350 g/mol. The van der Waals surface area contributed by atoms with Crippen LogP contribution in [0.15, 0.2) is 42.6 Å². The molecule has 1 fully saturated rings. The third kappa shape index (κ3) is 7.28. The van der Waals surface area contributed by atoms with Gasteiger partial charge in [0, 0.05) is 11.8 Å². The lowest BCUT2D eigenvalue weighted by Crippen LogP contribution is -2.16. The van der Waals surface area contributed by atoms with Gasteiger partial charge in [0.2, 0.25) is 0 Å². The molecule has 2 unspecified atom stereocenters. The number of pyridine rings is 1. The molecular formula is C28H41N. The van der Waals surface area contributed by atoms with Gasteiger partial charge in [-0.3, -0.25) is 4.98 Å². The van der Waals surface area contributed by atoms with E-state index in [4.69, 9.17) is 0 Å². The average molecular weight is 392 g/mol. The van der Waals surface area contributed by atoms with Crippen LogP contribution in [0.5, 0.6) is 0 Å². The number of hydrogen-bond acceptors (Lipinski definition) is 1. The molecule has 0 bridgehead atoms. The summed E-state index contributed by atoms with van der Waals surface area (Å²) in [5.74, 6) is 1.96. The topological polar surface area (TPSA) is 12.9 Å². The number of benzene rings is 1. The molecule has 0 N–H and O–H groups in total. The Labute approximate surface area is 179 Å². The number of unbranched alkanes of at least 4 members (excludes halogenated alkanes) is 3. The molecule has 1 aliphatic carbocycles. The highest BCUT2D eigenvalue weighted by Crippen LogP contribution is 2.35. The molecule has 29 heavy (non-hydrogen) atoms. The van der Waals surface area contributed by atoms with Crippen molar-refractivity contribution in [3.63, 3.8) is 0 Å². The van der Waals surface area contributed by atoms with Crippen LogP contribution in [0.25, 0.3) is 11.3 Å². The number of nitrogens with zero attached hydrogens (tertiary/aromatic N) is 1. The Balaban J connectivity index is 1.44. The Bertz CT molecular complexity index is 685. The zero-order chi connectivity index (χ0) is 20.3. The summed E-state index contributed by atoms with van der Waals surface area (Å²) in [4.78, 5) is 4.66. The minimum atomic E-state index is 0.951. The molecule has 158 valence electrons. The highest BCUT2D eigenvalue weighted by molar-refractivity contribution is 5.59. The zero-order valence-corrected chi connectivity index (χ0v) is 18.8. The Morgan fingerprint density at radius 1 is 0.759 bits per heavy atom. The fourth-order valence-corrected chi connectivity index (χ4v) is 5.03. The van der Waals surface area contributed by atoms with Crippen LogP contribution < -0.4 is 0 Å². The second-order valence-corrected chi connectivity index (χ2v) is 9.29. The minimum absolute atomic E-state index is 0.951. The molecule has 0 saturated heterocycles. The predicted molar refractivity (Wildman–Crippen MR) is 126 cm³/mol. The molecule has 3 rings (SSSR count). The lowest BCUT2D eigenvalue weighted by Gasteiger charge is -2.29. The van der Waals surface area contributed by atoms with Crippen molar-refractivity contribution >= 4 is 0 Å². The third-order valence-corrected chi connectivity index (χ3v) is 6.81. The van der Waals surface area contributed by atoms with Gasteiger partial charge in [0.05, 0.1) is 5.69 Å². The van der Waals surface area contributed by atoms with Gasteiger partial charge in [-0.25, -0.2) is 0 Å².